The molecule has 1 aromatic rings. The molecule has 4 heteroatoms. The molecule has 1 N–H and O–H groups in total. The first-order valence-corrected chi connectivity index (χ1v) is 4.75. The van der Waals surface area contributed by atoms with Crippen LogP contribution in [0, 0.1) is 5.41 Å². The van der Waals surface area contributed by atoms with E-state index in [4.69, 9.17) is 0 Å². The minimum atomic E-state index is -0.126. The molecule has 0 bridgehead atoms. The summed E-state index contributed by atoms with van der Waals surface area (Å²) in [6.07, 6.45) is 3.76. The summed E-state index contributed by atoms with van der Waals surface area (Å²) >= 11 is 0. The summed E-state index contributed by atoms with van der Waals surface area (Å²) in [6, 6.07) is 3.72. The van der Waals surface area contributed by atoms with Crippen LogP contribution in [-0.2, 0) is 6.54 Å². The van der Waals surface area contributed by atoms with Crippen LogP contribution in [0.2, 0.25) is 0 Å². The monoisotopic (exact) mass is 189 g/mol. The van der Waals surface area contributed by atoms with Crippen LogP contribution in [0.1, 0.15) is 10.5 Å². The van der Waals surface area contributed by atoms with Crippen LogP contribution in [0.3, 0.4) is 0 Å². The van der Waals surface area contributed by atoms with Gasteiger partial charge in [-0.2, -0.15) is 0 Å². The van der Waals surface area contributed by atoms with Crippen molar-refractivity contribution in [3.8, 4) is 0 Å². The third-order valence-corrected chi connectivity index (χ3v) is 2.94. The Balaban J connectivity index is 2.07. The first kappa shape index (κ1) is 7.94. The molecule has 14 heavy (non-hydrogen) atoms. The number of fused-ring (bicyclic) bond motifs is 1. The molecule has 3 heterocycles. The highest BCUT2D eigenvalue weighted by molar-refractivity contribution is 5.99. The Morgan fingerprint density at radius 2 is 2.36 bits per heavy atom. The third kappa shape index (κ3) is 0.974. The Labute approximate surface area is 81.6 Å². The highest BCUT2D eigenvalue weighted by Crippen LogP contribution is 2.26. The zero-order valence-corrected chi connectivity index (χ0v) is 7.73. The summed E-state index contributed by atoms with van der Waals surface area (Å²) in [6.45, 7) is 2.69. The molecule has 1 saturated heterocycles. The molecule has 0 unspecified atom stereocenters. The van der Waals surface area contributed by atoms with E-state index in [2.05, 4.69) is 10.3 Å². The highest BCUT2D eigenvalue weighted by atomic mass is 16.1. The van der Waals surface area contributed by atoms with Crippen molar-refractivity contribution in [3.63, 3.8) is 0 Å². The highest BCUT2D eigenvalue weighted by Gasteiger charge is 2.38. The lowest BCUT2D eigenvalue weighted by Crippen LogP contribution is -2.56. The van der Waals surface area contributed by atoms with Gasteiger partial charge in [-0.1, -0.05) is 0 Å². The first-order chi connectivity index (χ1) is 6.79. The summed E-state index contributed by atoms with van der Waals surface area (Å²) in [5.74, 6) is -0.126. The molecular formula is C10H11N3O. The van der Waals surface area contributed by atoms with E-state index in [1.54, 1.807) is 0 Å². The predicted molar refractivity (Wildman–Crippen MR) is 52.6 cm³/mol. The van der Waals surface area contributed by atoms with E-state index in [1.807, 2.05) is 29.1 Å². The molecule has 0 saturated carbocycles. The zero-order chi connectivity index (χ0) is 9.60. The van der Waals surface area contributed by atoms with Gasteiger partial charge in [0, 0.05) is 37.5 Å². The summed E-state index contributed by atoms with van der Waals surface area (Å²) < 4.78 is 2.00. The molecule has 0 aliphatic carbocycles. The van der Waals surface area contributed by atoms with Crippen LogP contribution in [0.15, 0.2) is 23.3 Å². The maximum absolute atomic E-state index is 11.6. The van der Waals surface area contributed by atoms with E-state index < -0.39 is 0 Å². The van der Waals surface area contributed by atoms with Crippen molar-refractivity contribution >= 4 is 12.1 Å². The fraction of sp³-hybridized carbons (Fsp3) is 0.400. The van der Waals surface area contributed by atoms with Crippen LogP contribution < -0.4 is 5.32 Å². The SMILES string of the molecule is O=C1N=CC2(CNC2)Cn2cccc21. The summed E-state index contributed by atoms with van der Waals surface area (Å²) in [4.78, 5) is 15.5. The number of hydrogen-bond donors (Lipinski definition) is 1. The number of nitrogens with one attached hydrogen (secondary N) is 1. The van der Waals surface area contributed by atoms with E-state index in [1.165, 1.54) is 0 Å². The van der Waals surface area contributed by atoms with Crippen molar-refractivity contribution in [3.05, 3.63) is 24.0 Å². The smallest absolute Gasteiger partial charge is 0.293 e. The van der Waals surface area contributed by atoms with E-state index >= 15 is 0 Å². The van der Waals surface area contributed by atoms with Crippen molar-refractivity contribution in [2.45, 2.75) is 6.54 Å². The molecule has 0 aromatic carbocycles. The Morgan fingerprint density at radius 3 is 3.07 bits per heavy atom. The fourth-order valence-corrected chi connectivity index (χ4v) is 2.04. The van der Waals surface area contributed by atoms with Crippen LogP contribution in [0.5, 0.6) is 0 Å². The van der Waals surface area contributed by atoms with Gasteiger partial charge in [0.15, 0.2) is 0 Å². The standard InChI is InChI=1S/C10H11N3O/c14-9-8-2-1-3-13(8)7-10(6-12-9)4-11-5-10/h1-3,6,11H,4-5,7H2. The molecule has 1 fully saturated rings. The summed E-state index contributed by atoms with van der Waals surface area (Å²) in [5, 5.41) is 3.22. The summed E-state index contributed by atoms with van der Waals surface area (Å²) in [7, 11) is 0. The first-order valence-electron chi connectivity index (χ1n) is 4.75. The number of aromatic nitrogens is 1. The number of hydrogen-bond acceptors (Lipinski definition) is 2. The van der Waals surface area contributed by atoms with Gasteiger partial charge < -0.3 is 9.88 Å². The van der Waals surface area contributed by atoms with Crippen LogP contribution in [0.4, 0.5) is 0 Å². The molecule has 72 valence electrons. The second-order valence-corrected chi connectivity index (χ2v) is 4.05. The molecule has 0 atom stereocenters. The van der Waals surface area contributed by atoms with Gasteiger partial charge in [-0.25, -0.2) is 4.99 Å². The van der Waals surface area contributed by atoms with E-state index in [0.717, 1.165) is 19.6 Å². The van der Waals surface area contributed by atoms with Crippen molar-refractivity contribution in [1.29, 1.82) is 0 Å². The largest absolute Gasteiger partial charge is 0.342 e. The van der Waals surface area contributed by atoms with E-state index in [0.29, 0.717) is 5.69 Å². The molecule has 2 aliphatic heterocycles. The fourth-order valence-electron chi connectivity index (χ4n) is 2.04. The minimum absolute atomic E-state index is 0.0694. The number of aliphatic imine (C=N–C) groups is 1. The number of carbonyl (C=O) groups is 1. The molecule has 0 radical (unpaired) electrons. The molecule has 1 aromatic heterocycles. The average Bonchev–Trinajstić information content (AvgIpc) is 2.51. The molecule has 2 aliphatic rings. The van der Waals surface area contributed by atoms with Gasteiger partial charge in [-0.05, 0) is 12.1 Å². The van der Waals surface area contributed by atoms with Crippen LogP contribution in [-0.4, -0.2) is 29.8 Å². The second-order valence-electron chi connectivity index (χ2n) is 4.05. The van der Waals surface area contributed by atoms with Crippen LogP contribution in [0.25, 0.3) is 0 Å². The van der Waals surface area contributed by atoms with Crippen molar-refractivity contribution < 1.29 is 4.79 Å². The lowest BCUT2D eigenvalue weighted by Gasteiger charge is -2.39. The van der Waals surface area contributed by atoms with Gasteiger partial charge in [-0.3, -0.25) is 4.79 Å². The van der Waals surface area contributed by atoms with Gasteiger partial charge in [0.1, 0.15) is 5.69 Å². The maximum atomic E-state index is 11.6. The molecule has 4 nitrogen and oxygen atoms in total. The average molecular weight is 189 g/mol. The quantitative estimate of drug-likeness (QED) is 0.638. The third-order valence-electron chi connectivity index (χ3n) is 2.94. The van der Waals surface area contributed by atoms with E-state index in [9.17, 15) is 4.79 Å². The molecule has 1 spiro atoms. The van der Waals surface area contributed by atoms with Crippen molar-refractivity contribution in [2.75, 3.05) is 13.1 Å². The number of nitrogens with zero attached hydrogens (tertiary/aromatic N) is 2. The molecular weight excluding hydrogens is 178 g/mol. The summed E-state index contributed by atoms with van der Waals surface area (Å²) in [5.41, 5.74) is 0.768. The predicted octanol–water partition coefficient (Wildman–Crippen LogP) is 0.302. The van der Waals surface area contributed by atoms with Gasteiger partial charge >= 0.3 is 0 Å². The number of rotatable bonds is 0. The number of amides is 1. The zero-order valence-electron chi connectivity index (χ0n) is 7.73. The Bertz CT molecular complexity index is 415. The second kappa shape index (κ2) is 2.54. The number of carbonyl (C=O) groups excluding carboxylic acids is 1. The van der Waals surface area contributed by atoms with Gasteiger partial charge in [-0.15, -0.1) is 0 Å². The minimum Gasteiger partial charge on any atom is -0.342 e. The normalized spacial score (nSPS) is 23.0. The maximum Gasteiger partial charge on any atom is 0.293 e. The van der Waals surface area contributed by atoms with Crippen LogP contribution >= 0.6 is 0 Å². The Kier molecular flexibility index (Phi) is 1.44. The van der Waals surface area contributed by atoms with Gasteiger partial charge in [0.2, 0.25) is 0 Å². The molecule has 1 amide bonds. The topological polar surface area (TPSA) is 46.4 Å². The lowest BCUT2D eigenvalue weighted by molar-refractivity contribution is 0.0996. The lowest BCUT2D eigenvalue weighted by atomic mass is 9.83. The Hall–Kier alpha value is -1.42. The van der Waals surface area contributed by atoms with E-state index in [-0.39, 0.29) is 11.3 Å². The van der Waals surface area contributed by atoms with Gasteiger partial charge in [0.25, 0.3) is 5.91 Å². The molecule has 3 rings (SSSR count). The van der Waals surface area contributed by atoms with Gasteiger partial charge in [0.05, 0.1) is 0 Å². The Morgan fingerprint density at radius 1 is 1.50 bits per heavy atom. The van der Waals surface area contributed by atoms with Crippen molar-refractivity contribution in [1.82, 2.24) is 9.88 Å². The van der Waals surface area contributed by atoms with Crippen molar-refractivity contribution in [2.24, 2.45) is 10.4 Å².